The van der Waals surface area contributed by atoms with Crippen molar-refractivity contribution in [1.82, 2.24) is 4.98 Å². The van der Waals surface area contributed by atoms with Gasteiger partial charge in [0.2, 0.25) is 0 Å². The Morgan fingerprint density at radius 1 is 1.25 bits per heavy atom. The molecule has 1 fully saturated rings. The number of benzene rings is 1. The Bertz CT molecular complexity index is 566. The lowest BCUT2D eigenvalue weighted by Crippen LogP contribution is -2.60. The molecule has 0 spiro atoms. The Balaban J connectivity index is 1.96. The maximum absolute atomic E-state index is 6.33. The highest BCUT2D eigenvalue weighted by atomic mass is 15.3. The molecule has 2 aromatic rings. The van der Waals surface area contributed by atoms with Gasteiger partial charge in [-0.25, -0.2) is 7.98 Å². The van der Waals surface area contributed by atoms with Crippen molar-refractivity contribution >= 4 is 18.9 Å². The molecule has 0 amide bonds. The number of fused-ring (bicyclic) bond motifs is 1. The molecule has 16 heavy (non-hydrogen) atoms. The lowest BCUT2D eigenvalue weighted by atomic mass is 9.89. The highest BCUT2D eigenvalue weighted by Gasteiger charge is 2.37. The standard InChI is InChI=1S/C13H14BN2/c14-16-6-9(7-16)5-13-11(8-16)10-3-1-2-4-12(10)15-13/h1-4,9,15H,5-8H2. The number of para-hydroxylation sites is 1. The van der Waals surface area contributed by atoms with Crippen molar-refractivity contribution in [1.29, 1.82) is 0 Å². The summed E-state index contributed by atoms with van der Waals surface area (Å²) in [7, 11) is 6.33. The lowest BCUT2D eigenvalue weighted by Gasteiger charge is -2.59. The van der Waals surface area contributed by atoms with Crippen molar-refractivity contribution in [2.75, 3.05) is 13.1 Å². The van der Waals surface area contributed by atoms with E-state index in [1.54, 1.807) is 0 Å². The number of rotatable bonds is 0. The Morgan fingerprint density at radius 2 is 2.06 bits per heavy atom. The lowest BCUT2D eigenvalue weighted by molar-refractivity contribution is -0.881. The van der Waals surface area contributed by atoms with Crippen LogP contribution in [0.4, 0.5) is 0 Å². The molecular formula is C13H14BN2. The third-order valence-corrected chi connectivity index (χ3v) is 4.11. The normalized spacial score (nSPS) is 31.9. The molecule has 1 N–H and O–H groups in total. The van der Waals surface area contributed by atoms with Gasteiger partial charge in [-0.3, -0.25) is 0 Å². The van der Waals surface area contributed by atoms with Gasteiger partial charge in [0, 0.05) is 41.7 Å². The topological polar surface area (TPSA) is 15.8 Å². The second kappa shape index (κ2) is 2.72. The molecule has 5 rings (SSSR count). The smallest absolute Gasteiger partial charge is 0.0603 e. The second-order valence-electron chi connectivity index (χ2n) is 5.44. The fraction of sp³-hybridized carbons (Fsp3) is 0.385. The fourth-order valence-electron chi connectivity index (χ4n) is 3.45. The van der Waals surface area contributed by atoms with Gasteiger partial charge in [-0.2, -0.15) is 0 Å². The second-order valence-corrected chi connectivity index (χ2v) is 5.44. The van der Waals surface area contributed by atoms with Crippen LogP contribution in [-0.2, 0) is 13.0 Å². The number of H-pyrrole nitrogens is 1. The molecule has 3 heteroatoms. The summed E-state index contributed by atoms with van der Waals surface area (Å²) in [6, 6.07) is 8.57. The Morgan fingerprint density at radius 3 is 2.94 bits per heavy atom. The average Bonchev–Trinajstić information content (AvgIpc) is 2.40. The summed E-state index contributed by atoms with van der Waals surface area (Å²) in [6.45, 7) is 3.30. The van der Waals surface area contributed by atoms with Crippen LogP contribution in [0.25, 0.3) is 10.9 Å². The molecule has 4 heterocycles. The number of nitrogens with one attached hydrogen (secondary N) is 1. The first kappa shape index (κ1) is 8.88. The summed E-state index contributed by atoms with van der Waals surface area (Å²) in [4.78, 5) is 3.56. The van der Waals surface area contributed by atoms with Gasteiger partial charge in [0.05, 0.1) is 12.5 Å². The van der Waals surface area contributed by atoms with Crippen molar-refractivity contribution in [3.8, 4) is 0 Å². The van der Waals surface area contributed by atoms with Crippen LogP contribution in [0.15, 0.2) is 24.3 Å². The average molecular weight is 209 g/mol. The van der Waals surface area contributed by atoms with Gasteiger partial charge in [0.15, 0.2) is 0 Å². The Hall–Kier alpha value is -1.22. The fourth-order valence-corrected chi connectivity index (χ4v) is 3.45. The molecule has 79 valence electrons. The zero-order chi connectivity index (χ0) is 10.8. The van der Waals surface area contributed by atoms with E-state index >= 15 is 0 Å². The molecule has 0 saturated carbocycles. The van der Waals surface area contributed by atoms with Gasteiger partial charge in [-0.05, 0) is 6.07 Å². The summed E-state index contributed by atoms with van der Waals surface area (Å²) >= 11 is 0. The van der Waals surface area contributed by atoms with Crippen LogP contribution in [0.3, 0.4) is 0 Å². The van der Waals surface area contributed by atoms with Crippen molar-refractivity contribution in [3.05, 3.63) is 35.5 Å². The number of hydrogen-bond acceptors (Lipinski definition) is 0. The number of hydrogen-bond donors (Lipinski definition) is 1. The van der Waals surface area contributed by atoms with Gasteiger partial charge in [-0.1, -0.05) is 18.2 Å². The van der Waals surface area contributed by atoms with Crippen LogP contribution in [0.5, 0.6) is 0 Å². The van der Waals surface area contributed by atoms with Gasteiger partial charge in [0.25, 0.3) is 0 Å². The number of nitrogens with zero attached hydrogens (tertiary/aromatic N) is 1. The molecule has 0 unspecified atom stereocenters. The quantitative estimate of drug-likeness (QED) is 0.636. The van der Waals surface area contributed by atoms with E-state index in [1.165, 1.54) is 28.6 Å². The van der Waals surface area contributed by atoms with Crippen molar-refractivity contribution in [2.45, 2.75) is 13.0 Å². The molecule has 0 atom stereocenters. The largest absolute Gasteiger partial charge is 0.583 e. The van der Waals surface area contributed by atoms with Crippen LogP contribution in [0.2, 0.25) is 0 Å². The third-order valence-electron chi connectivity index (χ3n) is 4.11. The molecule has 1 aromatic heterocycles. The van der Waals surface area contributed by atoms with Crippen molar-refractivity contribution < 1.29 is 4.39 Å². The Labute approximate surface area is 96.3 Å². The molecular weight excluding hydrogens is 195 g/mol. The predicted molar refractivity (Wildman–Crippen MR) is 64.9 cm³/mol. The van der Waals surface area contributed by atoms with E-state index in [1.807, 2.05) is 0 Å². The highest BCUT2D eigenvalue weighted by Crippen LogP contribution is 2.37. The first-order valence-corrected chi connectivity index (χ1v) is 5.97. The summed E-state index contributed by atoms with van der Waals surface area (Å²) in [5.74, 6) is 0.791. The summed E-state index contributed by atoms with van der Waals surface area (Å²) < 4.78 is 0.750. The summed E-state index contributed by atoms with van der Waals surface area (Å²) in [6.07, 6.45) is 1.18. The molecule has 3 aliphatic heterocycles. The van der Waals surface area contributed by atoms with Gasteiger partial charge >= 0.3 is 0 Å². The number of aromatic nitrogens is 1. The monoisotopic (exact) mass is 209 g/mol. The summed E-state index contributed by atoms with van der Waals surface area (Å²) in [5, 5.41) is 1.37. The minimum Gasteiger partial charge on any atom is -0.583 e. The van der Waals surface area contributed by atoms with E-state index in [0.717, 1.165) is 29.9 Å². The number of aromatic amines is 1. The molecule has 2 nitrogen and oxygen atoms in total. The zero-order valence-corrected chi connectivity index (χ0v) is 9.24. The van der Waals surface area contributed by atoms with Crippen LogP contribution < -0.4 is 0 Å². The Kier molecular flexibility index (Phi) is 1.51. The molecule has 3 radical (unpaired) electrons. The van der Waals surface area contributed by atoms with Gasteiger partial charge in [-0.15, -0.1) is 0 Å². The predicted octanol–water partition coefficient (Wildman–Crippen LogP) is 1.75. The van der Waals surface area contributed by atoms with Crippen LogP contribution in [-0.4, -0.2) is 30.4 Å². The molecule has 2 bridgehead atoms. The first-order valence-electron chi connectivity index (χ1n) is 5.97. The molecule has 3 aliphatic rings. The SMILES string of the molecule is [B-][N+]12Cc3c([nH]c4ccccc34)CC(C1)C2. The first-order chi connectivity index (χ1) is 7.73. The minimum absolute atomic E-state index is 0.750. The molecule has 1 aromatic carbocycles. The molecule has 0 aliphatic carbocycles. The van der Waals surface area contributed by atoms with E-state index < -0.39 is 0 Å². The number of quaternary nitrogens is 1. The summed E-state index contributed by atoms with van der Waals surface area (Å²) in [5.41, 5.74) is 4.15. The van der Waals surface area contributed by atoms with E-state index in [-0.39, 0.29) is 0 Å². The van der Waals surface area contributed by atoms with Gasteiger partial charge in [0.1, 0.15) is 0 Å². The van der Waals surface area contributed by atoms with E-state index in [9.17, 15) is 0 Å². The maximum atomic E-state index is 6.33. The molecule has 1 saturated heterocycles. The maximum Gasteiger partial charge on any atom is 0.0603 e. The van der Waals surface area contributed by atoms with Crippen LogP contribution in [0.1, 0.15) is 11.3 Å². The third kappa shape index (κ3) is 1.07. The van der Waals surface area contributed by atoms with Crippen molar-refractivity contribution in [2.24, 2.45) is 5.92 Å². The van der Waals surface area contributed by atoms with E-state index in [4.69, 9.17) is 7.98 Å². The van der Waals surface area contributed by atoms with Crippen LogP contribution >= 0.6 is 0 Å². The van der Waals surface area contributed by atoms with Gasteiger partial charge < -0.3 is 9.38 Å². The van der Waals surface area contributed by atoms with E-state index in [0.29, 0.717) is 0 Å². The van der Waals surface area contributed by atoms with Crippen LogP contribution in [0, 0.1) is 5.92 Å². The van der Waals surface area contributed by atoms with Crippen molar-refractivity contribution in [3.63, 3.8) is 0 Å². The highest BCUT2D eigenvalue weighted by molar-refractivity contribution is 5.98. The van der Waals surface area contributed by atoms with E-state index in [2.05, 4.69) is 29.2 Å². The minimum atomic E-state index is 0.750. The zero-order valence-electron chi connectivity index (χ0n) is 9.24.